The minimum absolute atomic E-state index is 0.0576. The quantitative estimate of drug-likeness (QED) is 0.746. The van der Waals surface area contributed by atoms with Crippen LogP contribution >= 0.6 is 0 Å². The lowest BCUT2D eigenvalue weighted by Gasteiger charge is -2.08. The van der Waals surface area contributed by atoms with Crippen molar-refractivity contribution in [2.45, 2.75) is 0 Å². The zero-order valence-corrected chi connectivity index (χ0v) is 10.7. The van der Waals surface area contributed by atoms with Crippen LogP contribution in [0.5, 0.6) is 0 Å². The van der Waals surface area contributed by atoms with Crippen molar-refractivity contribution in [3.63, 3.8) is 0 Å². The first-order valence-corrected chi connectivity index (χ1v) is 5.87. The molecule has 2 amide bonds. The van der Waals surface area contributed by atoms with E-state index in [0.29, 0.717) is 0 Å². The molecule has 0 fully saturated rings. The van der Waals surface area contributed by atoms with Gasteiger partial charge in [-0.1, -0.05) is 0 Å². The average molecular weight is 289 g/mol. The Kier molecular flexibility index (Phi) is 4.30. The first-order chi connectivity index (χ1) is 10.1. The van der Waals surface area contributed by atoms with Crippen molar-refractivity contribution in [2.24, 2.45) is 0 Å². The van der Waals surface area contributed by atoms with E-state index in [1.807, 2.05) is 0 Å². The Morgan fingerprint density at radius 3 is 2.76 bits per heavy atom. The molecule has 0 spiro atoms. The second-order valence-corrected chi connectivity index (χ2v) is 3.93. The summed E-state index contributed by atoms with van der Waals surface area (Å²) in [5.74, 6) is -2.23. The summed E-state index contributed by atoms with van der Waals surface area (Å²) in [6.07, 6.45) is 3.86. The third kappa shape index (κ3) is 3.66. The van der Waals surface area contributed by atoms with Crippen molar-refractivity contribution < 1.29 is 23.9 Å². The fourth-order valence-corrected chi connectivity index (χ4v) is 1.53. The molecule has 0 saturated carbocycles. The topological polar surface area (TPSA) is 122 Å². The number of aromatic nitrogens is 1. The highest BCUT2D eigenvalue weighted by Crippen LogP contribution is 2.12. The number of carboxylic acids is 1. The minimum atomic E-state index is -1.19. The molecule has 0 aliphatic carbocycles. The summed E-state index contributed by atoms with van der Waals surface area (Å²) in [5, 5.41) is 13.7. The van der Waals surface area contributed by atoms with Gasteiger partial charge in [-0.05, 0) is 18.2 Å². The summed E-state index contributed by atoms with van der Waals surface area (Å²) in [7, 11) is 0. The lowest BCUT2D eigenvalue weighted by molar-refractivity contribution is -0.115. The van der Waals surface area contributed by atoms with Crippen molar-refractivity contribution in [2.75, 3.05) is 11.9 Å². The van der Waals surface area contributed by atoms with Crippen LogP contribution in [0.4, 0.5) is 5.69 Å². The largest absolute Gasteiger partial charge is 0.478 e. The molecule has 21 heavy (non-hydrogen) atoms. The van der Waals surface area contributed by atoms with Crippen LogP contribution in [-0.4, -0.2) is 34.4 Å². The summed E-state index contributed by atoms with van der Waals surface area (Å²) in [6.45, 7) is -0.326. The van der Waals surface area contributed by atoms with E-state index in [4.69, 9.17) is 9.52 Å². The molecule has 0 unspecified atom stereocenters. The van der Waals surface area contributed by atoms with E-state index in [-0.39, 0.29) is 23.6 Å². The maximum Gasteiger partial charge on any atom is 0.337 e. The number of nitrogens with zero attached hydrogens (tertiary/aromatic N) is 1. The molecule has 2 aromatic heterocycles. The summed E-state index contributed by atoms with van der Waals surface area (Å²) < 4.78 is 4.86. The molecule has 0 saturated heterocycles. The fraction of sp³-hybridized carbons (Fsp3) is 0.0769. The van der Waals surface area contributed by atoms with Crippen LogP contribution in [0.2, 0.25) is 0 Å². The number of hydrogen-bond donors (Lipinski definition) is 3. The van der Waals surface area contributed by atoms with Crippen molar-refractivity contribution >= 4 is 23.5 Å². The number of aromatic carboxylic acids is 1. The molecule has 0 aliphatic rings. The fourth-order valence-electron chi connectivity index (χ4n) is 1.53. The Labute approximate surface area is 118 Å². The van der Waals surface area contributed by atoms with Crippen molar-refractivity contribution in [1.82, 2.24) is 10.3 Å². The number of amides is 2. The summed E-state index contributed by atoms with van der Waals surface area (Å²) in [6, 6.07) is 4.26. The van der Waals surface area contributed by atoms with Crippen molar-refractivity contribution in [1.29, 1.82) is 0 Å². The van der Waals surface area contributed by atoms with E-state index in [1.165, 1.54) is 30.8 Å². The Morgan fingerprint density at radius 2 is 2.10 bits per heavy atom. The standard InChI is InChI=1S/C13H11N3O5/c17-11(7-15-12(18)10-2-1-5-21-10)16-9-6-14-4-3-8(9)13(19)20/h1-6H,7H2,(H,15,18)(H,16,17)(H,19,20). The Bertz CT molecular complexity index is 666. The average Bonchev–Trinajstić information content (AvgIpc) is 2.99. The third-order valence-corrected chi connectivity index (χ3v) is 2.48. The number of anilines is 1. The third-order valence-electron chi connectivity index (χ3n) is 2.48. The van der Waals surface area contributed by atoms with Gasteiger partial charge in [-0.3, -0.25) is 14.6 Å². The van der Waals surface area contributed by atoms with Gasteiger partial charge in [0.2, 0.25) is 5.91 Å². The van der Waals surface area contributed by atoms with Crippen LogP contribution < -0.4 is 10.6 Å². The number of hydrogen-bond acceptors (Lipinski definition) is 5. The number of nitrogens with one attached hydrogen (secondary N) is 2. The maximum atomic E-state index is 11.7. The highest BCUT2D eigenvalue weighted by molar-refractivity contribution is 6.02. The predicted molar refractivity (Wildman–Crippen MR) is 70.9 cm³/mol. The second kappa shape index (κ2) is 6.33. The first kappa shape index (κ1) is 14.3. The van der Waals surface area contributed by atoms with Gasteiger partial charge in [0.15, 0.2) is 5.76 Å². The van der Waals surface area contributed by atoms with Crippen molar-refractivity contribution in [3.05, 3.63) is 48.2 Å². The maximum absolute atomic E-state index is 11.7. The van der Waals surface area contributed by atoms with E-state index in [0.717, 1.165) is 0 Å². The molecule has 2 rings (SSSR count). The van der Waals surface area contributed by atoms with Gasteiger partial charge in [0.05, 0.1) is 30.3 Å². The van der Waals surface area contributed by atoms with E-state index >= 15 is 0 Å². The van der Waals surface area contributed by atoms with Gasteiger partial charge in [0.1, 0.15) is 0 Å². The van der Waals surface area contributed by atoms with Gasteiger partial charge < -0.3 is 20.2 Å². The van der Waals surface area contributed by atoms with Crippen LogP contribution in [-0.2, 0) is 4.79 Å². The van der Waals surface area contributed by atoms with Gasteiger partial charge in [0.25, 0.3) is 5.91 Å². The van der Waals surface area contributed by atoms with Gasteiger partial charge in [-0.25, -0.2) is 4.79 Å². The van der Waals surface area contributed by atoms with E-state index < -0.39 is 17.8 Å². The number of rotatable bonds is 5. The smallest absolute Gasteiger partial charge is 0.337 e. The predicted octanol–water partition coefficient (Wildman–Crippen LogP) is 0.741. The molecule has 2 aromatic rings. The van der Waals surface area contributed by atoms with E-state index in [2.05, 4.69) is 15.6 Å². The molecule has 0 aromatic carbocycles. The highest BCUT2D eigenvalue weighted by Gasteiger charge is 2.14. The molecule has 0 aliphatic heterocycles. The summed E-state index contributed by atoms with van der Waals surface area (Å²) in [4.78, 5) is 37.9. The zero-order valence-electron chi connectivity index (χ0n) is 10.7. The molecule has 0 atom stereocenters. The first-order valence-electron chi connectivity index (χ1n) is 5.87. The Hall–Kier alpha value is -3.16. The molecular weight excluding hydrogens is 278 g/mol. The molecule has 0 bridgehead atoms. The lowest BCUT2D eigenvalue weighted by Crippen LogP contribution is -2.33. The van der Waals surface area contributed by atoms with Gasteiger partial charge >= 0.3 is 5.97 Å². The molecule has 108 valence electrons. The van der Waals surface area contributed by atoms with Gasteiger partial charge in [-0.2, -0.15) is 0 Å². The normalized spacial score (nSPS) is 9.90. The molecule has 0 radical (unpaired) electrons. The van der Waals surface area contributed by atoms with Crippen LogP contribution in [0.3, 0.4) is 0 Å². The monoisotopic (exact) mass is 289 g/mol. The Balaban J connectivity index is 1.93. The van der Waals surface area contributed by atoms with Crippen LogP contribution in [0.1, 0.15) is 20.9 Å². The molecular formula is C13H11N3O5. The minimum Gasteiger partial charge on any atom is -0.478 e. The molecule has 3 N–H and O–H groups in total. The highest BCUT2D eigenvalue weighted by atomic mass is 16.4. The van der Waals surface area contributed by atoms with Gasteiger partial charge in [0, 0.05) is 6.20 Å². The number of furan rings is 1. The second-order valence-electron chi connectivity index (χ2n) is 3.93. The zero-order chi connectivity index (χ0) is 15.2. The van der Waals surface area contributed by atoms with Crippen molar-refractivity contribution in [3.8, 4) is 0 Å². The molecule has 8 nitrogen and oxygen atoms in total. The number of carbonyl (C=O) groups excluding carboxylic acids is 2. The SMILES string of the molecule is O=C(CNC(=O)c1ccco1)Nc1cnccc1C(=O)O. The van der Waals surface area contributed by atoms with E-state index in [1.54, 1.807) is 6.07 Å². The number of carboxylic acid groups (broad SMARTS) is 1. The van der Waals surface area contributed by atoms with Gasteiger partial charge in [-0.15, -0.1) is 0 Å². The summed E-state index contributed by atoms with van der Waals surface area (Å²) in [5.41, 5.74) is -0.0297. The van der Waals surface area contributed by atoms with Crippen LogP contribution in [0.15, 0.2) is 41.3 Å². The molecule has 2 heterocycles. The number of pyridine rings is 1. The Morgan fingerprint density at radius 1 is 1.29 bits per heavy atom. The lowest BCUT2D eigenvalue weighted by atomic mass is 10.2. The van der Waals surface area contributed by atoms with E-state index in [9.17, 15) is 14.4 Å². The van der Waals surface area contributed by atoms with Crippen LogP contribution in [0.25, 0.3) is 0 Å². The molecule has 8 heteroatoms. The summed E-state index contributed by atoms with van der Waals surface area (Å²) >= 11 is 0. The number of carbonyl (C=O) groups is 3. The van der Waals surface area contributed by atoms with Crippen LogP contribution in [0, 0.1) is 0 Å².